The van der Waals surface area contributed by atoms with Gasteiger partial charge in [-0.15, -0.1) is 5.10 Å². The maximum absolute atomic E-state index is 12.4. The molecule has 7 heteroatoms. The van der Waals surface area contributed by atoms with Crippen molar-refractivity contribution in [3.8, 4) is 0 Å². The van der Waals surface area contributed by atoms with Crippen molar-refractivity contribution in [3.63, 3.8) is 0 Å². The van der Waals surface area contributed by atoms with Crippen LogP contribution in [0.5, 0.6) is 0 Å². The molecule has 1 N–H and O–H groups in total. The van der Waals surface area contributed by atoms with Crippen LogP contribution in [0, 0.1) is 0 Å². The Kier molecular flexibility index (Phi) is 5.65. The normalized spacial score (nSPS) is 14.6. The van der Waals surface area contributed by atoms with Crippen LogP contribution < -0.4 is 5.32 Å². The number of carbonyl (C=O) groups is 2. The van der Waals surface area contributed by atoms with Gasteiger partial charge in [0.25, 0.3) is 5.91 Å². The SMILES string of the molecule is O=C(NC(=O)N1CCC(n2cc(Cc3ccccc3)nn2)CC1)c1ccccc1. The fourth-order valence-corrected chi connectivity index (χ4v) is 3.55. The minimum atomic E-state index is -0.375. The van der Waals surface area contributed by atoms with Gasteiger partial charge in [-0.25, -0.2) is 9.48 Å². The number of hydrogen-bond donors (Lipinski definition) is 1. The lowest BCUT2D eigenvalue weighted by Crippen LogP contribution is -2.46. The number of benzene rings is 2. The van der Waals surface area contributed by atoms with Crippen molar-refractivity contribution in [2.24, 2.45) is 0 Å². The van der Waals surface area contributed by atoms with Crippen molar-refractivity contribution in [1.29, 1.82) is 0 Å². The van der Waals surface area contributed by atoms with Gasteiger partial charge in [0.05, 0.1) is 11.7 Å². The molecule has 0 unspecified atom stereocenters. The molecule has 4 rings (SSSR count). The largest absolute Gasteiger partial charge is 0.324 e. The summed E-state index contributed by atoms with van der Waals surface area (Å²) in [6.45, 7) is 1.15. The number of nitrogens with zero attached hydrogens (tertiary/aromatic N) is 4. The molecule has 1 fully saturated rings. The minimum Gasteiger partial charge on any atom is -0.324 e. The van der Waals surface area contributed by atoms with Gasteiger partial charge in [0, 0.05) is 31.3 Å². The van der Waals surface area contributed by atoms with E-state index in [0.717, 1.165) is 25.0 Å². The zero-order valence-electron chi connectivity index (χ0n) is 16.1. The second kappa shape index (κ2) is 8.68. The van der Waals surface area contributed by atoms with E-state index in [1.54, 1.807) is 29.2 Å². The molecule has 7 nitrogen and oxygen atoms in total. The number of carbonyl (C=O) groups excluding carboxylic acids is 2. The maximum atomic E-state index is 12.4. The molecule has 0 bridgehead atoms. The van der Waals surface area contributed by atoms with E-state index in [9.17, 15) is 9.59 Å². The molecule has 0 spiro atoms. The third kappa shape index (κ3) is 4.68. The summed E-state index contributed by atoms with van der Waals surface area (Å²) in [6, 6.07) is 18.8. The smallest absolute Gasteiger partial charge is 0.324 e. The molecule has 3 aromatic rings. The maximum Gasteiger partial charge on any atom is 0.324 e. The Morgan fingerprint density at radius 2 is 1.62 bits per heavy atom. The van der Waals surface area contributed by atoms with Gasteiger partial charge in [-0.3, -0.25) is 10.1 Å². The number of aromatic nitrogens is 3. The fourth-order valence-electron chi connectivity index (χ4n) is 3.55. The van der Waals surface area contributed by atoms with E-state index < -0.39 is 0 Å². The van der Waals surface area contributed by atoms with Gasteiger partial charge in [0.2, 0.25) is 0 Å². The summed E-state index contributed by atoms with van der Waals surface area (Å²) in [4.78, 5) is 26.2. The monoisotopic (exact) mass is 389 g/mol. The predicted octanol–water partition coefficient (Wildman–Crippen LogP) is 3.06. The van der Waals surface area contributed by atoms with Crippen molar-refractivity contribution in [2.75, 3.05) is 13.1 Å². The summed E-state index contributed by atoms with van der Waals surface area (Å²) in [5.41, 5.74) is 2.61. The summed E-state index contributed by atoms with van der Waals surface area (Å²) in [5, 5.41) is 11.0. The molecule has 3 amide bonds. The lowest BCUT2D eigenvalue weighted by atomic mass is 10.1. The number of urea groups is 1. The number of hydrogen-bond acceptors (Lipinski definition) is 4. The quantitative estimate of drug-likeness (QED) is 0.744. The van der Waals surface area contributed by atoms with E-state index >= 15 is 0 Å². The van der Waals surface area contributed by atoms with Crippen LogP contribution in [0.25, 0.3) is 0 Å². The molecule has 1 saturated heterocycles. The first-order chi connectivity index (χ1) is 14.2. The highest BCUT2D eigenvalue weighted by Gasteiger charge is 2.25. The molecule has 1 aliphatic heterocycles. The van der Waals surface area contributed by atoms with Crippen LogP contribution in [0.15, 0.2) is 66.9 Å². The zero-order chi connectivity index (χ0) is 20.1. The number of nitrogens with one attached hydrogen (secondary N) is 1. The van der Waals surface area contributed by atoms with E-state index in [-0.39, 0.29) is 18.0 Å². The summed E-state index contributed by atoms with van der Waals surface area (Å²) in [7, 11) is 0. The van der Waals surface area contributed by atoms with Crippen LogP contribution in [-0.4, -0.2) is 44.9 Å². The van der Waals surface area contributed by atoms with Crippen LogP contribution in [0.4, 0.5) is 4.79 Å². The Hall–Kier alpha value is -3.48. The highest BCUT2D eigenvalue weighted by molar-refractivity contribution is 6.04. The highest BCUT2D eigenvalue weighted by atomic mass is 16.2. The first kappa shape index (κ1) is 18.9. The Morgan fingerprint density at radius 3 is 2.31 bits per heavy atom. The van der Waals surface area contributed by atoms with Crippen molar-refractivity contribution in [1.82, 2.24) is 25.2 Å². The molecule has 0 atom stereocenters. The average molecular weight is 389 g/mol. The Balaban J connectivity index is 1.29. The van der Waals surface area contributed by atoms with Crippen molar-refractivity contribution in [3.05, 3.63) is 83.7 Å². The van der Waals surface area contributed by atoms with Gasteiger partial charge in [-0.2, -0.15) is 0 Å². The van der Waals surface area contributed by atoms with E-state index in [1.807, 2.05) is 35.1 Å². The van der Waals surface area contributed by atoms with Crippen LogP contribution in [0.3, 0.4) is 0 Å². The zero-order valence-corrected chi connectivity index (χ0v) is 16.1. The number of amides is 3. The van der Waals surface area contributed by atoms with E-state index in [2.05, 4.69) is 27.8 Å². The number of piperidine rings is 1. The van der Waals surface area contributed by atoms with Crippen LogP contribution in [-0.2, 0) is 6.42 Å². The minimum absolute atomic E-state index is 0.209. The predicted molar refractivity (Wildman–Crippen MR) is 108 cm³/mol. The van der Waals surface area contributed by atoms with Crippen LogP contribution >= 0.6 is 0 Å². The van der Waals surface area contributed by atoms with Gasteiger partial charge in [0.15, 0.2) is 0 Å². The van der Waals surface area contributed by atoms with E-state index in [4.69, 9.17) is 0 Å². The second-order valence-corrected chi connectivity index (χ2v) is 7.20. The molecule has 1 aromatic heterocycles. The molecule has 2 aromatic carbocycles. The third-order valence-corrected chi connectivity index (χ3v) is 5.17. The second-order valence-electron chi connectivity index (χ2n) is 7.20. The van der Waals surface area contributed by atoms with Crippen molar-refractivity contribution < 1.29 is 9.59 Å². The van der Waals surface area contributed by atoms with Crippen molar-refractivity contribution >= 4 is 11.9 Å². The summed E-state index contributed by atoms with van der Waals surface area (Å²) in [5.74, 6) is -0.375. The number of likely N-dealkylation sites (tertiary alicyclic amines) is 1. The van der Waals surface area contributed by atoms with Crippen LogP contribution in [0.1, 0.15) is 40.5 Å². The summed E-state index contributed by atoms with van der Waals surface area (Å²) < 4.78 is 1.91. The Bertz CT molecular complexity index is 963. The summed E-state index contributed by atoms with van der Waals surface area (Å²) >= 11 is 0. The Labute approximate surface area is 169 Å². The average Bonchev–Trinajstić information content (AvgIpc) is 3.23. The molecule has 2 heterocycles. The first-order valence-corrected chi connectivity index (χ1v) is 9.79. The van der Waals surface area contributed by atoms with Gasteiger partial charge >= 0.3 is 6.03 Å². The van der Waals surface area contributed by atoms with Gasteiger partial charge < -0.3 is 4.90 Å². The van der Waals surface area contributed by atoms with Gasteiger partial charge in [-0.1, -0.05) is 53.7 Å². The van der Waals surface area contributed by atoms with Gasteiger partial charge in [0.1, 0.15) is 0 Å². The summed E-state index contributed by atoms with van der Waals surface area (Å²) in [6.07, 6.45) is 4.30. The number of rotatable bonds is 4. The molecule has 0 saturated carbocycles. The molecule has 0 radical (unpaired) electrons. The van der Waals surface area contributed by atoms with E-state index in [1.165, 1.54) is 5.56 Å². The first-order valence-electron chi connectivity index (χ1n) is 9.79. The molecule has 148 valence electrons. The molecular formula is C22H23N5O2. The lowest BCUT2D eigenvalue weighted by molar-refractivity contribution is 0.0944. The lowest BCUT2D eigenvalue weighted by Gasteiger charge is -2.31. The van der Waals surface area contributed by atoms with Crippen LogP contribution in [0.2, 0.25) is 0 Å². The van der Waals surface area contributed by atoms with Crippen molar-refractivity contribution in [2.45, 2.75) is 25.3 Å². The highest BCUT2D eigenvalue weighted by Crippen LogP contribution is 2.22. The standard InChI is InChI=1S/C22H23N5O2/c28-21(18-9-5-2-6-10-18)23-22(29)26-13-11-20(12-14-26)27-16-19(24-25-27)15-17-7-3-1-4-8-17/h1-10,16,20H,11-15H2,(H,23,28,29). The number of imide groups is 1. The molecule has 1 aliphatic rings. The third-order valence-electron chi connectivity index (χ3n) is 5.17. The van der Waals surface area contributed by atoms with E-state index in [0.29, 0.717) is 18.7 Å². The molecule has 29 heavy (non-hydrogen) atoms. The van der Waals surface area contributed by atoms with Gasteiger partial charge in [-0.05, 0) is 30.5 Å². The molecule has 0 aliphatic carbocycles. The Morgan fingerprint density at radius 1 is 0.966 bits per heavy atom. The molecular weight excluding hydrogens is 366 g/mol. The topological polar surface area (TPSA) is 80.1 Å². The fraction of sp³-hybridized carbons (Fsp3) is 0.273.